The average Bonchev–Trinajstić information content (AvgIpc) is 3.48. The molecule has 3 unspecified atom stereocenters. The van der Waals surface area contributed by atoms with Gasteiger partial charge in [-0.05, 0) is 18.6 Å². The second kappa shape index (κ2) is 11.1. The Balaban J connectivity index is 1.80. The van der Waals surface area contributed by atoms with Crippen molar-refractivity contribution >= 4 is 34.6 Å². The zero-order valence-electron chi connectivity index (χ0n) is 18.5. The summed E-state index contributed by atoms with van der Waals surface area (Å²) >= 11 is 0. The average molecular weight is 470 g/mol. The van der Waals surface area contributed by atoms with Gasteiger partial charge >= 0.3 is 5.97 Å². The second-order valence-electron chi connectivity index (χ2n) is 7.80. The molecule has 0 aliphatic carbocycles. The number of benzene rings is 1. The van der Waals surface area contributed by atoms with E-state index in [1.165, 1.54) is 19.4 Å². The number of carboxylic acid groups (broad SMARTS) is 1. The fourth-order valence-electron chi connectivity index (χ4n) is 3.48. The molecule has 3 amide bonds. The van der Waals surface area contributed by atoms with Gasteiger partial charge in [0.25, 0.3) is 0 Å². The van der Waals surface area contributed by atoms with E-state index in [9.17, 15) is 24.3 Å². The normalized spacial score (nSPS) is 13.6. The van der Waals surface area contributed by atoms with E-state index in [0.29, 0.717) is 5.69 Å². The first kappa shape index (κ1) is 24.5. The second-order valence-corrected chi connectivity index (χ2v) is 7.80. The van der Waals surface area contributed by atoms with Gasteiger partial charge < -0.3 is 36.8 Å². The summed E-state index contributed by atoms with van der Waals surface area (Å²) in [5.41, 5.74) is 7.42. The Morgan fingerprint density at radius 2 is 1.76 bits per heavy atom. The minimum absolute atomic E-state index is 0.0161. The Morgan fingerprint density at radius 1 is 1.03 bits per heavy atom. The monoisotopic (exact) mass is 469 g/mol. The summed E-state index contributed by atoms with van der Waals surface area (Å²) < 4.78 is 0. The molecule has 12 heteroatoms. The van der Waals surface area contributed by atoms with Crippen molar-refractivity contribution in [3.05, 3.63) is 54.2 Å². The van der Waals surface area contributed by atoms with Crippen LogP contribution in [0.3, 0.4) is 0 Å². The maximum absolute atomic E-state index is 13.2. The van der Waals surface area contributed by atoms with Crippen LogP contribution < -0.4 is 21.7 Å². The molecule has 0 bridgehead atoms. The summed E-state index contributed by atoms with van der Waals surface area (Å²) in [6.07, 6.45) is 4.69. The van der Waals surface area contributed by atoms with Crippen LogP contribution in [0.1, 0.15) is 18.2 Å². The van der Waals surface area contributed by atoms with Crippen molar-refractivity contribution in [1.29, 1.82) is 0 Å². The van der Waals surface area contributed by atoms with Gasteiger partial charge in [-0.2, -0.15) is 0 Å². The highest BCUT2D eigenvalue weighted by atomic mass is 16.4. The number of aromatic amines is 2. The summed E-state index contributed by atoms with van der Waals surface area (Å²) in [5, 5.41) is 18.0. The number of amides is 3. The number of nitrogens with one attached hydrogen (secondary N) is 5. The first-order valence-electron chi connectivity index (χ1n) is 10.6. The molecular weight excluding hydrogens is 442 g/mol. The van der Waals surface area contributed by atoms with E-state index in [-0.39, 0.29) is 19.4 Å². The van der Waals surface area contributed by atoms with E-state index >= 15 is 0 Å². The molecule has 0 saturated carbocycles. The fourth-order valence-corrected chi connectivity index (χ4v) is 3.48. The molecule has 0 aliphatic rings. The van der Waals surface area contributed by atoms with E-state index in [1.807, 2.05) is 24.3 Å². The number of carboxylic acids is 1. The molecule has 0 aliphatic heterocycles. The topological polar surface area (TPSA) is 195 Å². The number of imidazole rings is 1. The van der Waals surface area contributed by atoms with Gasteiger partial charge in [-0.3, -0.25) is 14.4 Å². The first-order valence-corrected chi connectivity index (χ1v) is 10.6. The van der Waals surface area contributed by atoms with Crippen molar-refractivity contribution < 1.29 is 24.3 Å². The Morgan fingerprint density at radius 3 is 2.44 bits per heavy atom. The highest BCUT2D eigenvalue weighted by Gasteiger charge is 2.29. The predicted molar refractivity (Wildman–Crippen MR) is 122 cm³/mol. The maximum atomic E-state index is 13.2. The summed E-state index contributed by atoms with van der Waals surface area (Å²) in [5.74, 6) is -3.04. The molecule has 2 aromatic heterocycles. The van der Waals surface area contributed by atoms with Crippen molar-refractivity contribution in [3.63, 3.8) is 0 Å². The minimum atomic E-state index is -1.25. The molecule has 0 spiro atoms. The number of aliphatic carboxylic acids is 1. The Bertz CT molecular complexity index is 1160. The number of aromatic nitrogens is 3. The van der Waals surface area contributed by atoms with Crippen molar-refractivity contribution in [2.24, 2.45) is 5.73 Å². The van der Waals surface area contributed by atoms with Gasteiger partial charge in [0.1, 0.15) is 18.1 Å². The van der Waals surface area contributed by atoms with Crippen LogP contribution in [-0.2, 0) is 32.0 Å². The van der Waals surface area contributed by atoms with Gasteiger partial charge in [0.15, 0.2) is 0 Å². The third kappa shape index (κ3) is 6.19. The van der Waals surface area contributed by atoms with Crippen LogP contribution in [-0.4, -0.2) is 68.4 Å². The molecule has 180 valence electrons. The quantitative estimate of drug-likeness (QED) is 0.191. The lowest BCUT2D eigenvalue weighted by atomic mass is 10.0. The molecule has 3 rings (SSSR count). The Kier molecular flexibility index (Phi) is 7.98. The Labute approximate surface area is 194 Å². The number of para-hydroxylation sites is 1. The van der Waals surface area contributed by atoms with Gasteiger partial charge in [0.05, 0.1) is 12.9 Å². The molecule has 1 aromatic carbocycles. The molecule has 0 fully saturated rings. The molecule has 34 heavy (non-hydrogen) atoms. The van der Waals surface area contributed by atoms with Crippen LogP contribution in [0.15, 0.2) is 43.0 Å². The van der Waals surface area contributed by atoms with Crippen LogP contribution in [0.5, 0.6) is 0 Å². The van der Waals surface area contributed by atoms with E-state index in [1.54, 1.807) is 6.20 Å². The fraction of sp³-hybridized carbons (Fsp3) is 0.318. The third-order valence-electron chi connectivity index (χ3n) is 5.28. The van der Waals surface area contributed by atoms with E-state index in [4.69, 9.17) is 5.73 Å². The van der Waals surface area contributed by atoms with E-state index in [2.05, 4.69) is 30.9 Å². The minimum Gasteiger partial charge on any atom is -0.480 e. The molecule has 0 saturated heterocycles. The van der Waals surface area contributed by atoms with Crippen LogP contribution in [0.4, 0.5) is 0 Å². The number of nitrogens with zero attached hydrogens (tertiary/aromatic N) is 1. The third-order valence-corrected chi connectivity index (χ3v) is 5.28. The molecule has 0 radical (unpaired) electrons. The lowest BCUT2D eigenvalue weighted by molar-refractivity contribution is -0.142. The van der Waals surface area contributed by atoms with Gasteiger partial charge in [0.2, 0.25) is 17.7 Å². The first-order chi connectivity index (χ1) is 16.3. The summed E-state index contributed by atoms with van der Waals surface area (Å²) in [7, 11) is 0. The Hall–Kier alpha value is -4.19. The zero-order valence-corrected chi connectivity index (χ0v) is 18.5. The highest BCUT2D eigenvalue weighted by Crippen LogP contribution is 2.19. The molecule has 2 heterocycles. The number of carbonyl (C=O) groups is 4. The van der Waals surface area contributed by atoms with Crippen LogP contribution in [0, 0.1) is 0 Å². The van der Waals surface area contributed by atoms with Gasteiger partial charge in [-0.15, -0.1) is 0 Å². The SMILES string of the molecule is CC(NC(=O)CN)C(=O)NC(Cc1c[nH]c2ccccc12)C(=O)NC(Cc1cnc[nH]1)C(=O)O. The van der Waals surface area contributed by atoms with Crippen LogP contribution in [0.2, 0.25) is 0 Å². The van der Waals surface area contributed by atoms with Gasteiger partial charge in [-0.25, -0.2) is 9.78 Å². The van der Waals surface area contributed by atoms with Crippen LogP contribution >= 0.6 is 0 Å². The van der Waals surface area contributed by atoms with Gasteiger partial charge in [-0.1, -0.05) is 18.2 Å². The molecule has 12 nitrogen and oxygen atoms in total. The van der Waals surface area contributed by atoms with Gasteiger partial charge in [0, 0.05) is 41.8 Å². The molecule has 3 aromatic rings. The lowest BCUT2D eigenvalue weighted by Crippen LogP contribution is -2.56. The van der Waals surface area contributed by atoms with Crippen LogP contribution in [0.25, 0.3) is 10.9 Å². The predicted octanol–water partition coefficient (Wildman–Crippen LogP) is -0.806. The van der Waals surface area contributed by atoms with E-state index in [0.717, 1.165) is 16.5 Å². The number of hydrogen-bond acceptors (Lipinski definition) is 6. The summed E-state index contributed by atoms with van der Waals surface area (Å²) in [6.45, 7) is 1.17. The lowest BCUT2D eigenvalue weighted by Gasteiger charge is -2.23. The maximum Gasteiger partial charge on any atom is 0.326 e. The molecular formula is C22H27N7O5. The number of hydrogen-bond donors (Lipinski definition) is 7. The standard InChI is InChI=1S/C22H27N7O5/c1-12(27-19(30)8-23)20(31)28-17(6-13-9-25-16-5-3-2-4-15(13)16)21(32)29-18(22(33)34)7-14-10-24-11-26-14/h2-5,9-12,17-18,25H,6-8,23H2,1H3,(H,24,26)(H,27,30)(H,28,31)(H,29,32)(H,33,34). The smallest absolute Gasteiger partial charge is 0.326 e. The molecule has 8 N–H and O–H groups in total. The van der Waals surface area contributed by atoms with Crippen molar-refractivity contribution in [1.82, 2.24) is 30.9 Å². The van der Waals surface area contributed by atoms with Crippen molar-refractivity contribution in [2.45, 2.75) is 37.9 Å². The zero-order chi connectivity index (χ0) is 24.7. The number of H-pyrrole nitrogens is 2. The number of nitrogens with two attached hydrogens (primary N) is 1. The number of fused-ring (bicyclic) bond motifs is 1. The van der Waals surface area contributed by atoms with Crippen molar-refractivity contribution in [3.8, 4) is 0 Å². The molecule has 3 atom stereocenters. The highest BCUT2D eigenvalue weighted by molar-refractivity contribution is 5.94. The number of carbonyl (C=O) groups excluding carboxylic acids is 3. The largest absolute Gasteiger partial charge is 0.480 e. The van der Waals surface area contributed by atoms with Crippen molar-refractivity contribution in [2.75, 3.05) is 6.54 Å². The summed E-state index contributed by atoms with van der Waals surface area (Å²) in [6, 6.07) is 4.17. The summed E-state index contributed by atoms with van der Waals surface area (Å²) in [4.78, 5) is 58.9. The van der Waals surface area contributed by atoms with E-state index < -0.39 is 41.8 Å². The number of rotatable bonds is 11.